The Hall–Kier alpha value is -1.83. The van der Waals surface area contributed by atoms with Crippen LogP contribution in [0.1, 0.15) is 22.3 Å². The lowest BCUT2D eigenvalue weighted by Crippen LogP contribution is -1.92. The van der Waals surface area contributed by atoms with Gasteiger partial charge in [-0.2, -0.15) is 0 Å². The summed E-state index contributed by atoms with van der Waals surface area (Å²) in [6.45, 7) is 6.26. The first-order valence-corrected chi connectivity index (χ1v) is 5.55. The van der Waals surface area contributed by atoms with E-state index in [1.165, 1.54) is 35.4 Å². The van der Waals surface area contributed by atoms with Gasteiger partial charge in [0, 0.05) is 6.08 Å². The standard InChI is InChI=1S/C15H18O2/c1-11-9-12(2)14(13(3)10-11)7-5-6-8-15(16)17-4/h5-10H,1-4H3. The van der Waals surface area contributed by atoms with E-state index in [9.17, 15) is 4.79 Å². The molecule has 1 rings (SSSR count). The molecule has 17 heavy (non-hydrogen) atoms. The molecule has 0 aliphatic carbocycles. The van der Waals surface area contributed by atoms with Gasteiger partial charge in [0.05, 0.1) is 7.11 Å². The number of carbonyl (C=O) groups is 1. The molecule has 1 aromatic rings. The molecule has 0 unspecified atom stereocenters. The van der Waals surface area contributed by atoms with Gasteiger partial charge in [-0.05, 0) is 37.5 Å². The highest BCUT2D eigenvalue weighted by Gasteiger charge is 1.99. The molecule has 90 valence electrons. The first-order chi connectivity index (χ1) is 8.04. The molecule has 0 aromatic heterocycles. The highest BCUT2D eigenvalue weighted by atomic mass is 16.5. The Kier molecular flexibility index (Phi) is 4.70. The van der Waals surface area contributed by atoms with E-state index in [0.29, 0.717) is 0 Å². The van der Waals surface area contributed by atoms with Crippen LogP contribution in [0.25, 0.3) is 6.08 Å². The third-order valence-corrected chi connectivity index (χ3v) is 2.55. The molecule has 0 fully saturated rings. The van der Waals surface area contributed by atoms with Crippen molar-refractivity contribution >= 4 is 12.0 Å². The van der Waals surface area contributed by atoms with Crippen LogP contribution in [0.5, 0.6) is 0 Å². The quantitative estimate of drug-likeness (QED) is 0.452. The van der Waals surface area contributed by atoms with E-state index in [0.717, 1.165) is 0 Å². The van der Waals surface area contributed by atoms with E-state index in [4.69, 9.17) is 0 Å². The molecule has 0 heterocycles. The molecule has 0 bridgehead atoms. The van der Waals surface area contributed by atoms with Crippen molar-refractivity contribution in [1.29, 1.82) is 0 Å². The van der Waals surface area contributed by atoms with Crippen LogP contribution in [-0.4, -0.2) is 13.1 Å². The van der Waals surface area contributed by atoms with Crippen molar-refractivity contribution in [3.05, 3.63) is 52.6 Å². The number of ether oxygens (including phenoxy) is 1. The Balaban J connectivity index is 2.85. The minimum atomic E-state index is -0.341. The predicted octanol–water partition coefficient (Wildman–Crippen LogP) is 3.35. The van der Waals surface area contributed by atoms with Crippen LogP contribution in [-0.2, 0) is 9.53 Å². The summed E-state index contributed by atoms with van der Waals surface area (Å²) in [5.74, 6) is -0.341. The molecule has 0 atom stereocenters. The number of esters is 1. The van der Waals surface area contributed by atoms with Crippen molar-refractivity contribution in [2.24, 2.45) is 0 Å². The summed E-state index contributed by atoms with van der Waals surface area (Å²) in [5, 5.41) is 0. The monoisotopic (exact) mass is 230 g/mol. The van der Waals surface area contributed by atoms with Gasteiger partial charge in [-0.15, -0.1) is 0 Å². The summed E-state index contributed by atoms with van der Waals surface area (Å²) in [7, 11) is 1.37. The molecular weight excluding hydrogens is 212 g/mol. The molecule has 0 spiro atoms. The summed E-state index contributed by atoms with van der Waals surface area (Å²) >= 11 is 0. The number of hydrogen-bond acceptors (Lipinski definition) is 2. The minimum Gasteiger partial charge on any atom is -0.466 e. The van der Waals surface area contributed by atoms with Gasteiger partial charge >= 0.3 is 5.97 Å². The second-order valence-electron chi connectivity index (χ2n) is 4.05. The van der Waals surface area contributed by atoms with Crippen molar-refractivity contribution in [2.75, 3.05) is 7.11 Å². The van der Waals surface area contributed by atoms with Gasteiger partial charge in [0.25, 0.3) is 0 Å². The maximum absolute atomic E-state index is 10.9. The maximum Gasteiger partial charge on any atom is 0.330 e. The van der Waals surface area contributed by atoms with Crippen molar-refractivity contribution in [2.45, 2.75) is 20.8 Å². The van der Waals surface area contributed by atoms with Crippen molar-refractivity contribution in [3.8, 4) is 0 Å². The Bertz CT molecular complexity index is 445. The van der Waals surface area contributed by atoms with Gasteiger partial charge in [0.15, 0.2) is 0 Å². The summed E-state index contributed by atoms with van der Waals surface area (Å²) in [6, 6.07) is 4.30. The van der Waals surface area contributed by atoms with Gasteiger partial charge in [0.2, 0.25) is 0 Å². The second-order valence-corrected chi connectivity index (χ2v) is 4.05. The Morgan fingerprint density at radius 3 is 2.24 bits per heavy atom. The Morgan fingerprint density at radius 1 is 1.12 bits per heavy atom. The minimum absolute atomic E-state index is 0.341. The zero-order valence-corrected chi connectivity index (χ0v) is 10.8. The third-order valence-electron chi connectivity index (χ3n) is 2.55. The van der Waals surface area contributed by atoms with Gasteiger partial charge in [-0.25, -0.2) is 4.79 Å². The highest BCUT2D eigenvalue weighted by molar-refractivity contribution is 5.82. The average molecular weight is 230 g/mol. The summed E-state index contributed by atoms with van der Waals surface area (Å²) in [4.78, 5) is 10.9. The predicted molar refractivity (Wildman–Crippen MR) is 70.8 cm³/mol. The fraction of sp³-hybridized carbons (Fsp3) is 0.267. The molecule has 0 radical (unpaired) electrons. The van der Waals surface area contributed by atoms with E-state index < -0.39 is 0 Å². The number of carbonyl (C=O) groups excluding carboxylic acids is 1. The molecule has 0 saturated heterocycles. The van der Waals surface area contributed by atoms with Gasteiger partial charge < -0.3 is 4.74 Å². The largest absolute Gasteiger partial charge is 0.466 e. The first-order valence-electron chi connectivity index (χ1n) is 5.55. The first kappa shape index (κ1) is 13.2. The number of benzene rings is 1. The van der Waals surface area contributed by atoms with Crippen molar-refractivity contribution < 1.29 is 9.53 Å². The molecule has 0 aliphatic rings. The lowest BCUT2D eigenvalue weighted by Gasteiger charge is -2.06. The summed E-state index contributed by atoms with van der Waals surface area (Å²) < 4.78 is 4.51. The van der Waals surface area contributed by atoms with Crippen LogP contribution in [0.3, 0.4) is 0 Å². The molecule has 2 nitrogen and oxygen atoms in total. The van der Waals surface area contributed by atoms with E-state index >= 15 is 0 Å². The van der Waals surface area contributed by atoms with Crippen LogP contribution in [0.2, 0.25) is 0 Å². The molecule has 1 aromatic carbocycles. The van der Waals surface area contributed by atoms with Crippen LogP contribution in [0.15, 0.2) is 30.4 Å². The SMILES string of the molecule is COC(=O)C=CC=Cc1c(C)cc(C)cc1C. The summed E-state index contributed by atoms with van der Waals surface area (Å²) in [5.41, 5.74) is 4.95. The lowest BCUT2D eigenvalue weighted by molar-refractivity contribution is -0.134. The van der Waals surface area contributed by atoms with E-state index in [2.05, 4.69) is 37.6 Å². The number of hydrogen-bond donors (Lipinski definition) is 0. The normalized spacial score (nSPS) is 11.3. The number of methoxy groups -OCH3 is 1. The van der Waals surface area contributed by atoms with E-state index in [1.54, 1.807) is 6.08 Å². The van der Waals surface area contributed by atoms with E-state index in [-0.39, 0.29) is 5.97 Å². The molecule has 0 saturated carbocycles. The fourth-order valence-electron chi connectivity index (χ4n) is 1.81. The second kappa shape index (κ2) is 6.04. The topological polar surface area (TPSA) is 26.3 Å². The van der Waals surface area contributed by atoms with Crippen molar-refractivity contribution in [1.82, 2.24) is 0 Å². The Morgan fingerprint density at radius 2 is 1.71 bits per heavy atom. The molecule has 0 N–H and O–H groups in total. The number of allylic oxidation sites excluding steroid dienone is 2. The zero-order valence-electron chi connectivity index (χ0n) is 10.8. The smallest absolute Gasteiger partial charge is 0.330 e. The van der Waals surface area contributed by atoms with Gasteiger partial charge in [-0.3, -0.25) is 0 Å². The van der Waals surface area contributed by atoms with Gasteiger partial charge in [0.1, 0.15) is 0 Å². The lowest BCUT2D eigenvalue weighted by atomic mass is 9.99. The fourth-order valence-corrected chi connectivity index (χ4v) is 1.81. The van der Waals surface area contributed by atoms with Gasteiger partial charge in [-0.1, -0.05) is 35.9 Å². The zero-order chi connectivity index (χ0) is 12.8. The third kappa shape index (κ3) is 3.91. The molecule has 0 aliphatic heterocycles. The Labute approximate surface area is 103 Å². The summed E-state index contributed by atoms with van der Waals surface area (Å²) in [6.07, 6.45) is 6.94. The molecule has 2 heteroatoms. The van der Waals surface area contributed by atoms with Crippen LogP contribution in [0, 0.1) is 20.8 Å². The number of rotatable bonds is 3. The van der Waals surface area contributed by atoms with Crippen molar-refractivity contribution in [3.63, 3.8) is 0 Å². The van der Waals surface area contributed by atoms with E-state index in [1.807, 2.05) is 12.2 Å². The maximum atomic E-state index is 10.9. The highest BCUT2D eigenvalue weighted by Crippen LogP contribution is 2.17. The number of aryl methyl sites for hydroxylation is 3. The molecular formula is C15H18O2. The molecule has 0 amide bonds. The van der Waals surface area contributed by atoms with Crippen LogP contribution >= 0.6 is 0 Å². The average Bonchev–Trinajstić information content (AvgIpc) is 2.26. The van der Waals surface area contributed by atoms with Crippen LogP contribution in [0.4, 0.5) is 0 Å². The van der Waals surface area contributed by atoms with Crippen LogP contribution < -0.4 is 0 Å².